The second-order valence-electron chi connectivity index (χ2n) is 6.32. The fraction of sp³-hybridized carbons (Fsp3) is 0.190. The van der Waals surface area contributed by atoms with Gasteiger partial charge in [0.05, 0.1) is 0 Å². The summed E-state index contributed by atoms with van der Waals surface area (Å²) in [6.07, 6.45) is 0. The van der Waals surface area contributed by atoms with Gasteiger partial charge in [-0.05, 0) is 42.8 Å². The van der Waals surface area contributed by atoms with Gasteiger partial charge in [-0.15, -0.1) is 0 Å². The molecule has 3 aromatic rings. The molecule has 0 aliphatic heterocycles. The number of nitrogens with zero attached hydrogens (tertiary/aromatic N) is 1. The number of carbonyl (C=O) groups is 1. The van der Waals surface area contributed by atoms with Crippen molar-refractivity contribution < 1.29 is 9.53 Å². The van der Waals surface area contributed by atoms with Crippen molar-refractivity contribution >= 4 is 39.7 Å². The van der Waals surface area contributed by atoms with Crippen LogP contribution >= 0.6 is 11.6 Å². The number of ether oxygens (including phenoxy) is 1. The third kappa shape index (κ3) is 3.92. The summed E-state index contributed by atoms with van der Waals surface area (Å²) in [5, 5.41) is 5.70. The minimum absolute atomic E-state index is 0.0647. The molecule has 5 heteroatoms. The molecule has 0 saturated heterocycles. The Morgan fingerprint density at radius 3 is 2.50 bits per heavy atom. The van der Waals surface area contributed by atoms with Crippen molar-refractivity contribution in [1.82, 2.24) is 0 Å². The molecule has 0 heterocycles. The first-order valence-corrected chi connectivity index (χ1v) is 8.71. The predicted molar refractivity (Wildman–Crippen MR) is 109 cm³/mol. The molecule has 0 saturated carbocycles. The minimum atomic E-state index is -0.208. The number of amides is 1. The molecular formula is C21H21ClN2O2. The van der Waals surface area contributed by atoms with Crippen LogP contribution in [-0.2, 0) is 4.79 Å². The summed E-state index contributed by atoms with van der Waals surface area (Å²) in [7, 11) is 4.00. The molecular weight excluding hydrogens is 348 g/mol. The van der Waals surface area contributed by atoms with Crippen molar-refractivity contribution in [1.29, 1.82) is 0 Å². The van der Waals surface area contributed by atoms with Gasteiger partial charge in [-0.3, -0.25) is 4.79 Å². The van der Waals surface area contributed by atoms with Gasteiger partial charge in [0, 0.05) is 41.3 Å². The average Bonchev–Trinajstić information content (AvgIpc) is 2.62. The zero-order chi connectivity index (χ0) is 18.7. The summed E-state index contributed by atoms with van der Waals surface area (Å²) in [4.78, 5) is 14.4. The Labute approximate surface area is 158 Å². The average molecular weight is 369 g/mol. The van der Waals surface area contributed by atoms with E-state index in [1.165, 1.54) is 0 Å². The Kier molecular flexibility index (Phi) is 5.33. The molecule has 3 rings (SSSR count). The number of nitrogens with one attached hydrogen (secondary N) is 1. The molecule has 134 valence electrons. The van der Waals surface area contributed by atoms with E-state index in [-0.39, 0.29) is 12.5 Å². The van der Waals surface area contributed by atoms with Gasteiger partial charge in [-0.2, -0.15) is 0 Å². The number of rotatable bonds is 5. The molecule has 0 bridgehead atoms. The maximum Gasteiger partial charge on any atom is 0.262 e. The van der Waals surface area contributed by atoms with Crippen LogP contribution in [0.1, 0.15) is 5.56 Å². The predicted octanol–water partition coefficient (Wildman–Crippen LogP) is 4.89. The molecule has 0 fully saturated rings. The van der Waals surface area contributed by atoms with Crippen LogP contribution in [0.2, 0.25) is 5.02 Å². The molecule has 1 amide bonds. The van der Waals surface area contributed by atoms with Crippen molar-refractivity contribution in [2.75, 3.05) is 30.9 Å². The van der Waals surface area contributed by atoms with Crippen LogP contribution in [0.4, 0.5) is 11.4 Å². The fourth-order valence-corrected chi connectivity index (χ4v) is 2.94. The van der Waals surface area contributed by atoms with Gasteiger partial charge in [0.25, 0.3) is 5.91 Å². The second-order valence-corrected chi connectivity index (χ2v) is 6.73. The number of benzene rings is 3. The molecule has 1 N–H and O–H groups in total. The largest absolute Gasteiger partial charge is 0.484 e. The summed E-state index contributed by atoms with van der Waals surface area (Å²) >= 11 is 6.00. The summed E-state index contributed by atoms with van der Waals surface area (Å²) in [6.45, 7) is 1.83. The highest BCUT2D eigenvalue weighted by Crippen LogP contribution is 2.31. The smallest absolute Gasteiger partial charge is 0.262 e. The van der Waals surface area contributed by atoms with Crippen LogP contribution < -0.4 is 15.0 Å². The van der Waals surface area contributed by atoms with Crippen molar-refractivity contribution in [3.63, 3.8) is 0 Å². The molecule has 26 heavy (non-hydrogen) atoms. The topological polar surface area (TPSA) is 41.6 Å². The Morgan fingerprint density at radius 2 is 1.81 bits per heavy atom. The molecule has 4 nitrogen and oxygen atoms in total. The van der Waals surface area contributed by atoms with Crippen molar-refractivity contribution in [2.45, 2.75) is 6.92 Å². The zero-order valence-corrected chi connectivity index (χ0v) is 15.8. The number of anilines is 2. The number of hydrogen-bond acceptors (Lipinski definition) is 3. The van der Waals surface area contributed by atoms with Crippen molar-refractivity contribution in [2.24, 2.45) is 0 Å². The van der Waals surface area contributed by atoms with Gasteiger partial charge < -0.3 is 15.0 Å². The monoisotopic (exact) mass is 368 g/mol. The van der Waals surface area contributed by atoms with Gasteiger partial charge in [0.1, 0.15) is 5.75 Å². The van der Waals surface area contributed by atoms with E-state index in [1.54, 1.807) is 12.1 Å². The Morgan fingerprint density at radius 1 is 1.08 bits per heavy atom. The summed E-state index contributed by atoms with van der Waals surface area (Å²) < 4.78 is 5.57. The third-order valence-corrected chi connectivity index (χ3v) is 4.58. The van der Waals surface area contributed by atoms with E-state index >= 15 is 0 Å². The lowest BCUT2D eigenvalue weighted by Gasteiger charge is -2.18. The molecule has 0 aromatic heterocycles. The van der Waals surface area contributed by atoms with Crippen LogP contribution in [0.3, 0.4) is 0 Å². The number of aryl methyl sites for hydroxylation is 1. The Balaban J connectivity index is 1.75. The highest BCUT2D eigenvalue weighted by Gasteiger charge is 2.10. The highest BCUT2D eigenvalue weighted by atomic mass is 35.5. The highest BCUT2D eigenvalue weighted by molar-refractivity contribution is 6.31. The van der Waals surface area contributed by atoms with Crippen LogP contribution in [0.25, 0.3) is 10.8 Å². The number of halogens is 1. The number of carbonyl (C=O) groups excluding carboxylic acids is 1. The Bertz CT molecular complexity index is 954. The van der Waals surface area contributed by atoms with E-state index in [0.717, 1.165) is 27.7 Å². The summed E-state index contributed by atoms with van der Waals surface area (Å²) in [5.74, 6) is 0.412. The third-order valence-electron chi connectivity index (χ3n) is 4.16. The molecule has 3 aromatic carbocycles. The van der Waals surface area contributed by atoms with Gasteiger partial charge in [0.2, 0.25) is 0 Å². The normalized spacial score (nSPS) is 10.6. The van der Waals surface area contributed by atoms with Crippen molar-refractivity contribution in [3.05, 3.63) is 65.2 Å². The fourth-order valence-electron chi connectivity index (χ4n) is 2.82. The lowest BCUT2D eigenvalue weighted by atomic mass is 10.1. The molecule has 0 aliphatic rings. The molecule has 0 radical (unpaired) electrons. The second kappa shape index (κ2) is 7.67. The molecule has 0 aliphatic carbocycles. The van der Waals surface area contributed by atoms with E-state index in [9.17, 15) is 4.79 Å². The van der Waals surface area contributed by atoms with E-state index < -0.39 is 0 Å². The first-order chi connectivity index (χ1) is 12.5. The molecule has 0 spiro atoms. The van der Waals surface area contributed by atoms with E-state index in [2.05, 4.69) is 10.2 Å². The van der Waals surface area contributed by atoms with E-state index in [4.69, 9.17) is 16.3 Å². The summed E-state index contributed by atoms with van der Waals surface area (Å²) in [6, 6.07) is 17.3. The maximum atomic E-state index is 12.3. The van der Waals surface area contributed by atoms with Crippen molar-refractivity contribution in [3.8, 4) is 5.75 Å². The van der Waals surface area contributed by atoms with Crippen LogP contribution in [0.15, 0.2) is 54.6 Å². The lowest BCUT2D eigenvalue weighted by Crippen LogP contribution is -2.20. The first-order valence-electron chi connectivity index (χ1n) is 8.33. The van der Waals surface area contributed by atoms with Gasteiger partial charge in [-0.1, -0.05) is 35.9 Å². The van der Waals surface area contributed by atoms with Gasteiger partial charge in [0.15, 0.2) is 6.61 Å². The standard InChI is InChI=1S/C21H21ClN2O2/c1-14-12-15(8-9-18(14)22)26-13-21(25)23-19-10-11-20(24(2)3)17-7-5-4-6-16(17)19/h4-12H,13H2,1-3H3,(H,23,25). The minimum Gasteiger partial charge on any atom is -0.484 e. The maximum absolute atomic E-state index is 12.3. The number of fused-ring (bicyclic) bond motifs is 1. The SMILES string of the molecule is Cc1cc(OCC(=O)Nc2ccc(N(C)C)c3ccccc23)ccc1Cl. The van der Waals surface area contributed by atoms with Crippen LogP contribution in [0.5, 0.6) is 5.75 Å². The molecule has 0 unspecified atom stereocenters. The lowest BCUT2D eigenvalue weighted by molar-refractivity contribution is -0.118. The van der Waals surface area contributed by atoms with E-state index in [1.807, 2.05) is 63.5 Å². The Hall–Kier alpha value is -2.72. The van der Waals surface area contributed by atoms with Gasteiger partial charge >= 0.3 is 0 Å². The summed E-state index contributed by atoms with van der Waals surface area (Å²) in [5.41, 5.74) is 2.79. The number of hydrogen-bond donors (Lipinski definition) is 1. The zero-order valence-electron chi connectivity index (χ0n) is 15.0. The first kappa shape index (κ1) is 18.1. The quantitative estimate of drug-likeness (QED) is 0.697. The van der Waals surface area contributed by atoms with Crippen LogP contribution in [0, 0.1) is 6.92 Å². The van der Waals surface area contributed by atoms with E-state index in [0.29, 0.717) is 10.8 Å². The van der Waals surface area contributed by atoms with Gasteiger partial charge in [-0.25, -0.2) is 0 Å². The molecule has 0 atom stereocenters. The van der Waals surface area contributed by atoms with Crippen LogP contribution in [-0.4, -0.2) is 26.6 Å².